The lowest BCUT2D eigenvalue weighted by Crippen LogP contribution is -2.45. The van der Waals surface area contributed by atoms with E-state index >= 15 is 0 Å². The lowest BCUT2D eigenvalue weighted by molar-refractivity contribution is -0.0433. The van der Waals surface area contributed by atoms with Gasteiger partial charge in [0, 0.05) is 24.5 Å². The molecule has 1 aliphatic heterocycles. The molecular formula is C13H22N2OS. The van der Waals surface area contributed by atoms with Crippen molar-refractivity contribution in [2.24, 2.45) is 5.73 Å². The van der Waals surface area contributed by atoms with Crippen molar-refractivity contribution in [1.82, 2.24) is 4.90 Å². The summed E-state index contributed by atoms with van der Waals surface area (Å²) in [4.78, 5) is 3.90. The van der Waals surface area contributed by atoms with E-state index in [1.807, 2.05) is 11.3 Å². The van der Waals surface area contributed by atoms with Gasteiger partial charge in [-0.3, -0.25) is 4.90 Å². The van der Waals surface area contributed by atoms with Crippen LogP contribution in [0.2, 0.25) is 0 Å². The number of nitrogens with two attached hydrogens (primary N) is 1. The zero-order valence-corrected chi connectivity index (χ0v) is 11.5. The molecule has 4 heteroatoms. The summed E-state index contributed by atoms with van der Waals surface area (Å²) < 4.78 is 5.72. The first-order valence-corrected chi connectivity index (χ1v) is 7.24. The van der Waals surface area contributed by atoms with Crippen molar-refractivity contribution in [3.05, 3.63) is 21.9 Å². The fourth-order valence-corrected chi connectivity index (χ4v) is 3.50. The van der Waals surface area contributed by atoms with Crippen molar-refractivity contribution >= 4 is 11.3 Å². The summed E-state index contributed by atoms with van der Waals surface area (Å²) in [5, 5.41) is 2.16. The molecule has 0 aliphatic carbocycles. The van der Waals surface area contributed by atoms with E-state index in [9.17, 15) is 0 Å². The Bertz CT molecular complexity index is 353. The fourth-order valence-electron chi connectivity index (χ4n) is 2.42. The molecule has 2 unspecified atom stereocenters. The first kappa shape index (κ1) is 13.0. The molecule has 1 saturated heterocycles. The molecule has 1 aromatic heterocycles. The largest absolute Gasteiger partial charge is 0.376 e. The Morgan fingerprint density at radius 3 is 3.06 bits per heavy atom. The molecule has 3 nitrogen and oxygen atoms in total. The average Bonchev–Trinajstić information content (AvgIpc) is 2.77. The average molecular weight is 254 g/mol. The predicted octanol–water partition coefficient (Wildman–Crippen LogP) is 2.17. The van der Waals surface area contributed by atoms with Gasteiger partial charge in [-0.1, -0.05) is 6.92 Å². The molecule has 0 saturated carbocycles. The molecular weight excluding hydrogens is 232 g/mol. The number of rotatable bonds is 4. The molecule has 1 aromatic rings. The van der Waals surface area contributed by atoms with Crippen molar-refractivity contribution < 1.29 is 4.74 Å². The SMILES string of the molecule is CCC1CN(C(CN)c2sccc2C)CCO1. The van der Waals surface area contributed by atoms with Gasteiger partial charge in [0.15, 0.2) is 0 Å². The molecule has 2 rings (SSSR count). The van der Waals surface area contributed by atoms with E-state index in [0.717, 1.165) is 26.1 Å². The fraction of sp³-hybridized carbons (Fsp3) is 0.692. The van der Waals surface area contributed by atoms with Crippen LogP contribution in [-0.4, -0.2) is 37.2 Å². The van der Waals surface area contributed by atoms with Crippen LogP contribution in [0.4, 0.5) is 0 Å². The van der Waals surface area contributed by atoms with E-state index < -0.39 is 0 Å². The highest BCUT2D eigenvalue weighted by Crippen LogP contribution is 2.29. The Balaban J connectivity index is 2.10. The van der Waals surface area contributed by atoms with Gasteiger partial charge in [-0.2, -0.15) is 0 Å². The predicted molar refractivity (Wildman–Crippen MR) is 72.5 cm³/mol. The molecule has 2 heterocycles. The first-order chi connectivity index (χ1) is 8.26. The van der Waals surface area contributed by atoms with Crippen molar-refractivity contribution in [3.63, 3.8) is 0 Å². The summed E-state index contributed by atoms with van der Waals surface area (Å²) in [6, 6.07) is 2.55. The summed E-state index contributed by atoms with van der Waals surface area (Å²) in [6.45, 7) is 7.89. The van der Waals surface area contributed by atoms with Gasteiger partial charge in [0.1, 0.15) is 0 Å². The van der Waals surface area contributed by atoms with Gasteiger partial charge in [0.25, 0.3) is 0 Å². The maximum absolute atomic E-state index is 5.97. The quantitative estimate of drug-likeness (QED) is 0.895. The van der Waals surface area contributed by atoms with E-state index in [4.69, 9.17) is 10.5 Å². The van der Waals surface area contributed by atoms with E-state index in [-0.39, 0.29) is 0 Å². The summed E-state index contributed by atoms with van der Waals surface area (Å²) in [6.07, 6.45) is 1.45. The summed E-state index contributed by atoms with van der Waals surface area (Å²) in [5.74, 6) is 0. The van der Waals surface area contributed by atoms with Gasteiger partial charge < -0.3 is 10.5 Å². The molecule has 1 fully saturated rings. The Morgan fingerprint density at radius 2 is 2.47 bits per heavy atom. The molecule has 0 bridgehead atoms. The van der Waals surface area contributed by atoms with Crippen LogP contribution in [0, 0.1) is 6.92 Å². The van der Waals surface area contributed by atoms with E-state index in [1.165, 1.54) is 10.4 Å². The molecule has 17 heavy (non-hydrogen) atoms. The smallest absolute Gasteiger partial charge is 0.0700 e. The summed E-state index contributed by atoms with van der Waals surface area (Å²) in [5.41, 5.74) is 7.34. The number of hydrogen-bond acceptors (Lipinski definition) is 4. The highest BCUT2D eigenvalue weighted by molar-refractivity contribution is 7.10. The van der Waals surface area contributed by atoms with Gasteiger partial charge in [0.2, 0.25) is 0 Å². The second-order valence-corrected chi connectivity index (χ2v) is 5.56. The molecule has 0 spiro atoms. The summed E-state index contributed by atoms with van der Waals surface area (Å²) >= 11 is 1.82. The Labute approximate surface area is 108 Å². The lowest BCUT2D eigenvalue weighted by atomic mass is 10.1. The molecule has 1 aliphatic rings. The summed E-state index contributed by atoms with van der Waals surface area (Å²) in [7, 11) is 0. The Hall–Kier alpha value is -0.420. The minimum Gasteiger partial charge on any atom is -0.376 e. The number of hydrogen-bond donors (Lipinski definition) is 1. The topological polar surface area (TPSA) is 38.5 Å². The zero-order valence-electron chi connectivity index (χ0n) is 10.7. The van der Waals surface area contributed by atoms with Crippen LogP contribution < -0.4 is 5.73 Å². The molecule has 0 amide bonds. The first-order valence-electron chi connectivity index (χ1n) is 6.36. The third-order valence-electron chi connectivity index (χ3n) is 3.49. The highest BCUT2D eigenvalue weighted by atomic mass is 32.1. The minimum absolute atomic E-state index is 0.368. The van der Waals surface area contributed by atoms with Crippen LogP contribution >= 0.6 is 11.3 Å². The standard InChI is InChI=1S/C13H22N2OS/c1-3-11-9-15(5-6-16-11)12(8-14)13-10(2)4-7-17-13/h4,7,11-12H,3,5-6,8-9,14H2,1-2H3. The normalized spacial score (nSPS) is 23.8. The van der Waals surface area contributed by atoms with Gasteiger partial charge in [0.05, 0.1) is 18.8 Å². The number of nitrogens with zero attached hydrogens (tertiary/aromatic N) is 1. The van der Waals surface area contributed by atoms with Crippen LogP contribution in [-0.2, 0) is 4.74 Å². The lowest BCUT2D eigenvalue weighted by Gasteiger charge is -2.37. The van der Waals surface area contributed by atoms with E-state index in [1.54, 1.807) is 0 Å². The van der Waals surface area contributed by atoms with Crippen LogP contribution in [0.5, 0.6) is 0 Å². The molecule has 96 valence electrons. The van der Waals surface area contributed by atoms with E-state index in [2.05, 4.69) is 30.2 Å². The monoisotopic (exact) mass is 254 g/mol. The van der Waals surface area contributed by atoms with Gasteiger partial charge >= 0.3 is 0 Å². The maximum Gasteiger partial charge on any atom is 0.0700 e. The van der Waals surface area contributed by atoms with Crippen molar-refractivity contribution in [3.8, 4) is 0 Å². The van der Waals surface area contributed by atoms with Crippen molar-refractivity contribution in [2.75, 3.05) is 26.2 Å². The maximum atomic E-state index is 5.97. The second-order valence-electron chi connectivity index (χ2n) is 4.62. The van der Waals surface area contributed by atoms with E-state index in [0.29, 0.717) is 18.7 Å². The third-order valence-corrected chi connectivity index (χ3v) is 4.61. The molecule has 0 aromatic carbocycles. The van der Waals surface area contributed by atoms with Gasteiger partial charge in [-0.05, 0) is 30.4 Å². The Morgan fingerprint density at radius 1 is 1.65 bits per heavy atom. The molecule has 2 N–H and O–H groups in total. The zero-order chi connectivity index (χ0) is 12.3. The number of thiophene rings is 1. The van der Waals surface area contributed by atoms with Crippen LogP contribution in [0.1, 0.15) is 29.8 Å². The minimum atomic E-state index is 0.368. The number of aryl methyl sites for hydroxylation is 1. The van der Waals surface area contributed by atoms with Gasteiger partial charge in [-0.25, -0.2) is 0 Å². The molecule has 0 radical (unpaired) electrons. The van der Waals surface area contributed by atoms with Gasteiger partial charge in [-0.15, -0.1) is 11.3 Å². The Kier molecular flexibility index (Phi) is 4.56. The highest BCUT2D eigenvalue weighted by Gasteiger charge is 2.27. The third kappa shape index (κ3) is 2.88. The van der Waals surface area contributed by atoms with Crippen LogP contribution in [0.3, 0.4) is 0 Å². The van der Waals surface area contributed by atoms with Crippen LogP contribution in [0.15, 0.2) is 11.4 Å². The number of ether oxygens (including phenoxy) is 1. The van der Waals surface area contributed by atoms with Crippen molar-refractivity contribution in [2.45, 2.75) is 32.4 Å². The van der Waals surface area contributed by atoms with Crippen LogP contribution in [0.25, 0.3) is 0 Å². The number of morpholine rings is 1. The second kappa shape index (κ2) is 5.96. The molecule has 2 atom stereocenters. The van der Waals surface area contributed by atoms with Crippen molar-refractivity contribution in [1.29, 1.82) is 0 Å².